The second-order valence-electron chi connectivity index (χ2n) is 9.92. The summed E-state index contributed by atoms with van der Waals surface area (Å²) in [5, 5.41) is 17.0. The zero-order chi connectivity index (χ0) is 25.1. The van der Waals surface area contributed by atoms with Crippen LogP contribution >= 0.6 is 12.4 Å². The van der Waals surface area contributed by atoms with Gasteiger partial charge >= 0.3 is 0 Å². The third-order valence-electron chi connectivity index (χ3n) is 7.50. The Morgan fingerprint density at radius 1 is 1.22 bits per heavy atom. The summed E-state index contributed by atoms with van der Waals surface area (Å²) in [7, 11) is 0. The van der Waals surface area contributed by atoms with E-state index in [1.54, 1.807) is 12.1 Å². The molecular formula is C28H36ClN3O5. The van der Waals surface area contributed by atoms with Gasteiger partial charge in [-0.2, -0.15) is 0 Å². The van der Waals surface area contributed by atoms with E-state index in [9.17, 15) is 14.7 Å². The quantitative estimate of drug-likeness (QED) is 0.486. The van der Waals surface area contributed by atoms with Crippen molar-refractivity contribution in [2.75, 3.05) is 32.9 Å². The van der Waals surface area contributed by atoms with Crippen molar-refractivity contribution in [3.8, 4) is 5.75 Å². The summed E-state index contributed by atoms with van der Waals surface area (Å²) in [5.74, 6) is 0.512. The van der Waals surface area contributed by atoms with Crippen LogP contribution in [0.1, 0.15) is 57.2 Å². The molecule has 37 heavy (non-hydrogen) atoms. The molecule has 0 saturated carbocycles. The molecule has 2 amide bonds. The number of hydrogen-bond acceptors (Lipinski definition) is 6. The average Bonchev–Trinajstić information content (AvgIpc) is 3.21. The molecule has 9 heteroatoms. The zero-order valence-corrected chi connectivity index (χ0v) is 22.0. The first-order valence-electron chi connectivity index (χ1n) is 13.0. The van der Waals surface area contributed by atoms with Crippen molar-refractivity contribution in [2.45, 2.75) is 51.4 Å². The van der Waals surface area contributed by atoms with Crippen LogP contribution in [-0.4, -0.2) is 66.9 Å². The third-order valence-corrected chi connectivity index (χ3v) is 7.50. The number of aliphatic hydroxyl groups excluding tert-OH is 1. The first-order valence-corrected chi connectivity index (χ1v) is 13.0. The van der Waals surface area contributed by atoms with Gasteiger partial charge in [-0.15, -0.1) is 12.4 Å². The van der Waals surface area contributed by atoms with Gasteiger partial charge in [0.25, 0.3) is 11.8 Å². The number of benzene rings is 2. The Balaban J connectivity index is 0.00000320. The van der Waals surface area contributed by atoms with Crippen LogP contribution in [0.3, 0.4) is 0 Å². The van der Waals surface area contributed by atoms with E-state index in [1.807, 2.05) is 24.0 Å². The van der Waals surface area contributed by atoms with Crippen molar-refractivity contribution < 1.29 is 24.2 Å². The molecule has 0 aromatic heterocycles. The lowest BCUT2D eigenvalue weighted by molar-refractivity contribution is 0.0469. The molecule has 0 aliphatic carbocycles. The van der Waals surface area contributed by atoms with Crippen LogP contribution < -0.4 is 15.4 Å². The molecule has 1 saturated heterocycles. The predicted molar refractivity (Wildman–Crippen MR) is 142 cm³/mol. The van der Waals surface area contributed by atoms with Gasteiger partial charge in [-0.25, -0.2) is 0 Å². The molecule has 5 rings (SSSR count). The molecule has 3 aliphatic heterocycles. The Morgan fingerprint density at radius 2 is 1.97 bits per heavy atom. The van der Waals surface area contributed by atoms with Gasteiger partial charge in [0.05, 0.1) is 18.3 Å². The number of fused-ring (bicyclic) bond motifs is 2. The lowest BCUT2D eigenvalue weighted by Crippen LogP contribution is -2.49. The minimum absolute atomic E-state index is 0. The van der Waals surface area contributed by atoms with Crippen molar-refractivity contribution in [3.05, 3.63) is 64.2 Å². The van der Waals surface area contributed by atoms with Crippen LogP contribution in [0, 0.1) is 5.92 Å². The number of carbonyl (C=O) groups is 2. The first-order chi connectivity index (χ1) is 17.5. The Morgan fingerprint density at radius 3 is 2.73 bits per heavy atom. The monoisotopic (exact) mass is 529 g/mol. The molecule has 0 unspecified atom stereocenters. The van der Waals surface area contributed by atoms with Crippen LogP contribution in [-0.2, 0) is 24.2 Å². The summed E-state index contributed by atoms with van der Waals surface area (Å²) in [6, 6.07) is 11.5. The molecule has 200 valence electrons. The largest absolute Gasteiger partial charge is 0.493 e. The summed E-state index contributed by atoms with van der Waals surface area (Å²) < 4.78 is 11.2. The maximum absolute atomic E-state index is 13.2. The van der Waals surface area contributed by atoms with Gasteiger partial charge in [-0.05, 0) is 60.9 Å². The van der Waals surface area contributed by atoms with Gasteiger partial charge in [-0.3, -0.25) is 9.59 Å². The van der Waals surface area contributed by atoms with E-state index in [0.717, 1.165) is 31.6 Å². The number of ether oxygens (including phenoxy) is 2. The van der Waals surface area contributed by atoms with Crippen LogP contribution in [0.5, 0.6) is 5.75 Å². The van der Waals surface area contributed by atoms with E-state index in [0.29, 0.717) is 55.5 Å². The SMILES string of the molecule is CCOc1cc2c(cc1C(=O)NC[C@@H](O)[C@@H]1Cc3ccccc3CN1)CN(CC1CCOCC1)C2=O.Cl. The van der Waals surface area contributed by atoms with E-state index in [2.05, 4.69) is 22.8 Å². The Kier molecular flexibility index (Phi) is 9.08. The minimum Gasteiger partial charge on any atom is -0.493 e. The molecule has 3 aliphatic rings. The van der Waals surface area contributed by atoms with Crippen molar-refractivity contribution in [2.24, 2.45) is 5.92 Å². The third kappa shape index (κ3) is 6.09. The normalized spacial score (nSPS) is 20.0. The van der Waals surface area contributed by atoms with Crippen molar-refractivity contribution >= 4 is 24.2 Å². The molecule has 0 bridgehead atoms. The van der Waals surface area contributed by atoms with E-state index >= 15 is 0 Å². The molecule has 3 heterocycles. The molecule has 8 nitrogen and oxygen atoms in total. The fourth-order valence-corrected chi connectivity index (χ4v) is 5.43. The fourth-order valence-electron chi connectivity index (χ4n) is 5.43. The van der Waals surface area contributed by atoms with E-state index < -0.39 is 6.10 Å². The van der Waals surface area contributed by atoms with E-state index in [4.69, 9.17) is 9.47 Å². The summed E-state index contributed by atoms with van der Waals surface area (Å²) in [6.45, 7) is 5.73. The Labute approximate surface area is 224 Å². The number of hydrogen-bond donors (Lipinski definition) is 3. The topological polar surface area (TPSA) is 100 Å². The summed E-state index contributed by atoms with van der Waals surface area (Å²) in [6.07, 6.45) is 1.90. The highest BCUT2D eigenvalue weighted by molar-refractivity contribution is 6.03. The number of carbonyl (C=O) groups excluding carboxylic acids is 2. The number of rotatable bonds is 8. The molecule has 1 fully saturated rings. The van der Waals surface area contributed by atoms with Gasteiger partial charge < -0.3 is 30.1 Å². The van der Waals surface area contributed by atoms with Crippen molar-refractivity contribution in [3.63, 3.8) is 0 Å². The van der Waals surface area contributed by atoms with Gasteiger partial charge in [0, 0.05) is 51.0 Å². The molecular weight excluding hydrogens is 494 g/mol. The second-order valence-corrected chi connectivity index (χ2v) is 9.92. The summed E-state index contributed by atoms with van der Waals surface area (Å²) >= 11 is 0. The molecule has 0 spiro atoms. The molecule has 0 radical (unpaired) electrons. The number of halogens is 1. The fraction of sp³-hybridized carbons (Fsp3) is 0.500. The number of aliphatic hydroxyl groups is 1. The first kappa shape index (κ1) is 27.4. The number of amides is 2. The highest BCUT2D eigenvalue weighted by Gasteiger charge is 2.32. The second kappa shape index (κ2) is 12.3. The average molecular weight is 530 g/mol. The highest BCUT2D eigenvalue weighted by atomic mass is 35.5. The number of nitrogens with zero attached hydrogens (tertiary/aromatic N) is 1. The maximum Gasteiger partial charge on any atom is 0.255 e. The molecule has 2 aromatic carbocycles. The van der Waals surface area contributed by atoms with Crippen molar-refractivity contribution in [1.29, 1.82) is 0 Å². The Hall–Kier alpha value is -2.65. The van der Waals surface area contributed by atoms with Gasteiger partial charge in [0.2, 0.25) is 0 Å². The molecule has 2 aromatic rings. The molecule has 3 N–H and O–H groups in total. The van der Waals surface area contributed by atoms with Crippen molar-refractivity contribution in [1.82, 2.24) is 15.5 Å². The lowest BCUT2D eigenvalue weighted by Gasteiger charge is -2.30. The summed E-state index contributed by atoms with van der Waals surface area (Å²) in [4.78, 5) is 28.1. The number of nitrogens with one attached hydrogen (secondary N) is 2. The highest BCUT2D eigenvalue weighted by Crippen LogP contribution is 2.32. The van der Waals surface area contributed by atoms with E-state index in [-0.39, 0.29) is 36.8 Å². The zero-order valence-electron chi connectivity index (χ0n) is 21.2. The maximum atomic E-state index is 13.2. The van der Waals surface area contributed by atoms with Crippen LogP contribution in [0.2, 0.25) is 0 Å². The Bertz CT molecular complexity index is 1120. The van der Waals surface area contributed by atoms with Gasteiger partial charge in [0.15, 0.2) is 0 Å². The summed E-state index contributed by atoms with van der Waals surface area (Å²) in [5.41, 5.74) is 4.30. The van der Waals surface area contributed by atoms with Crippen LogP contribution in [0.4, 0.5) is 0 Å². The van der Waals surface area contributed by atoms with Gasteiger partial charge in [-0.1, -0.05) is 24.3 Å². The van der Waals surface area contributed by atoms with Crippen LogP contribution in [0.25, 0.3) is 0 Å². The standard InChI is InChI=1S/C28H35N3O5.ClH/c1-2-36-26-13-22-21(17-31(28(22)34)16-18-7-9-35-10-8-18)11-23(26)27(33)30-15-25(32)24-12-19-5-3-4-6-20(19)14-29-24;/h3-6,11,13,18,24-25,29,32H,2,7-10,12,14-17H2,1H3,(H,30,33);1H/t24-,25+;/m0./s1. The van der Waals surface area contributed by atoms with Crippen LogP contribution in [0.15, 0.2) is 36.4 Å². The van der Waals surface area contributed by atoms with Gasteiger partial charge in [0.1, 0.15) is 5.75 Å². The molecule has 2 atom stereocenters. The predicted octanol–water partition coefficient (Wildman–Crippen LogP) is 2.69. The minimum atomic E-state index is -0.733. The lowest BCUT2D eigenvalue weighted by atomic mass is 9.93. The smallest absolute Gasteiger partial charge is 0.255 e. The van der Waals surface area contributed by atoms with E-state index in [1.165, 1.54) is 11.1 Å².